The number of benzene rings is 1. The standard InChI is InChI=1S/C20H29ClN2O2/c1-14-11-17(13-20(2,3)12-14)23-19(25)18(5-4-10-24)22-16-8-6-15(21)7-9-16/h6-10,14,17-18,22H,4-5,11-13H2,1-3H3,(H,23,25)/t14?,17?,18-/m0/s1. The topological polar surface area (TPSA) is 58.2 Å². The number of hydrogen-bond donors (Lipinski definition) is 2. The monoisotopic (exact) mass is 364 g/mol. The number of amides is 1. The normalized spacial score (nSPS) is 23.5. The number of anilines is 1. The van der Waals surface area contributed by atoms with Crippen molar-refractivity contribution < 1.29 is 9.59 Å². The Morgan fingerprint density at radius 3 is 2.60 bits per heavy atom. The first-order valence-corrected chi connectivity index (χ1v) is 9.43. The summed E-state index contributed by atoms with van der Waals surface area (Å²) in [7, 11) is 0. The Hall–Kier alpha value is -1.55. The summed E-state index contributed by atoms with van der Waals surface area (Å²) in [6.07, 6.45) is 4.88. The summed E-state index contributed by atoms with van der Waals surface area (Å²) in [5.74, 6) is 0.568. The molecule has 1 saturated carbocycles. The van der Waals surface area contributed by atoms with Gasteiger partial charge in [0.15, 0.2) is 0 Å². The van der Waals surface area contributed by atoms with Gasteiger partial charge in [-0.25, -0.2) is 0 Å². The molecule has 1 aliphatic carbocycles. The summed E-state index contributed by atoms with van der Waals surface area (Å²) in [4.78, 5) is 23.6. The van der Waals surface area contributed by atoms with E-state index in [0.717, 1.165) is 24.8 Å². The van der Waals surface area contributed by atoms with Gasteiger partial charge in [-0.2, -0.15) is 0 Å². The molecule has 0 bridgehead atoms. The summed E-state index contributed by atoms with van der Waals surface area (Å²) in [5.41, 5.74) is 1.07. The average molecular weight is 365 g/mol. The fourth-order valence-electron chi connectivity index (χ4n) is 4.01. The highest BCUT2D eigenvalue weighted by atomic mass is 35.5. The number of rotatable bonds is 7. The lowest BCUT2D eigenvalue weighted by molar-refractivity contribution is -0.123. The molecule has 0 aliphatic heterocycles. The van der Waals surface area contributed by atoms with Crippen LogP contribution in [0.4, 0.5) is 5.69 Å². The predicted octanol–water partition coefficient (Wildman–Crippen LogP) is 4.43. The second-order valence-electron chi connectivity index (χ2n) is 8.07. The van der Waals surface area contributed by atoms with E-state index in [1.807, 2.05) is 12.1 Å². The molecule has 25 heavy (non-hydrogen) atoms. The maximum atomic E-state index is 12.8. The first-order valence-electron chi connectivity index (χ1n) is 9.05. The fourth-order valence-corrected chi connectivity index (χ4v) is 4.13. The number of hydrogen-bond acceptors (Lipinski definition) is 3. The summed E-state index contributed by atoms with van der Waals surface area (Å²) >= 11 is 5.91. The molecule has 138 valence electrons. The molecule has 4 nitrogen and oxygen atoms in total. The maximum Gasteiger partial charge on any atom is 0.242 e. The SMILES string of the molecule is CC1CC(NC(=O)[C@H](CCC=O)Nc2ccc(Cl)cc2)CC(C)(C)C1. The quantitative estimate of drug-likeness (QED) is 0.703. The van der Waals surface area contributed by atoms with Gasteiger partial charge < -0.3 is 15.4 Å². The minimum atomic E-state index is -0.424. The smallest absolute Gasteiger partial charge is 0.242 e. The number of halogens is 1. The molecule has 0 radical (unpaired) electrons. The van der Waals surface area contributed by atoms with Crippen LogP contribution in [0.15, 0.2) is 24.3 Å². The van der Waals surface area contributed by atoms with Crippen LogP contribution < -0.4 is 10.6 Å². The minimum Gasteiger partial charge on any atom is -0.374 e. The van der Waals surface area contributed by atoms with Gasteiger partial charge in [0.1, 0.15) is 12.3 Å². The van der Waals surface area contributed by atoms with Crippen LogP contribution in [0.2, 0.25) is 5.02 Å². The van der Waals surface area contributed by atoms with Crippen LogP contribution >= 0.6 is 11.6 Å². The van der Waals surface area contributed by atoms with Gasteiger partial charge in [-0.15, -0.1) is 0 Å². The van der Waals surface area contributed by atoms with Crippen molar-refractivity contribution in [2.45, 2.75) is 65.0 Å². The summed E-state index contributed by atoms with van der Waals surface area (Å²) in [6.45, 7) is 6.77. The Kier molecular flexibility index (Phi) is 6.88. The Labute approximate surface area is 155 Å². The van der Waals surface area contributed by atoms with Gasteiger partial charge in [-0.1, -0.05) is 32.4 Å². The molecule has 2 rings (SSSR count). The Morgan fingerprint density at radius 2 is 2.00 bits per heavy atom. The van der Waals surface area contributed by atoms with Crippen LogP contribution in [-0.2, 0) is 9.59 Å². The van der Waals surface area contributed by atoms with Gasteiger partial charge in [0.25, 0.3) is 0 Å². The summed E-state index contributed by atoms with van der Waals surface area (Å²) in [5, 5.41) is 7.09. The van der Waals surface area contributed by atoms with Gasteiger partial charge in [-0.05, 0) is 61.3 Å². The molecule has 0 aromatic heterocycles. The zero-order valence-corrected chi connectivity index (χ0v) is 16.1. The van der Waals surface area contributed by atoms with E-state index in [9.17, 15) is 9.59 Å². The largest absolute Gasteiger partial charge is 0.374 e. The van der Waals surface area contributed by atoms with Crippen molar-refractivity contribution in [2.75, 3.05) is 5.32 Å². The Bertz CT molecular complexity index is 586. The highest BCUT2D eigenvalue weighted by Gasteiger charge is 2.33. The molecular weight excluding hydrogens is 336 g/mol. The second-order valence-corrected chi connectivity index (χ2v) is 8.50. The van der Waals surface area contributed by atoms with Crippen LogP contribution in [-0.4, -0.2) is 24.3 Å². The predicted molar refractivity (Wildman–Crippen MR) is 103 cm³/mol. The number of carbonyl (C=O) groups excluding carboxylic acids is 2. The molecule has 1 aromatic rings. The van der Waals surface area contributed by atoms with E-state index in [2.05, 4.69) is 31.4 Å². The van der Waals surface area contributed by atoms with E-state index in [0.29, 0.717) is 23.8 Å². The van der Waals surface area contributed by atoms with E-state index in [1.54, 1.807) is 12.1 Å². The highest BCUT2D eigenvalue weighted by Crippen LogP contribution is 2.38. The minimum absolute atomic E-state index is 0.0355. The molecule has 5 heteroatoms. The van der Waals surface area contributed by atoms with Crippen molar-refractivity contribution in [3.8, 4) is 0 Å². The third-order valence-electron chi connectivity index (χ3n) is 4.81. The van der Waals surface area contributed by atoms with Crippen LogP contribution in [0.3, 0.4) is 0 Å². The van der Waals surface area contributed by atoms with Crippen LogP contribution in [0.5, 0.6) is 0 Å². The third-order valence-corrected chi connectivity index (χ3v) is 5.06. The van der Waals surface area contributed by atoms with Crippen LogP contribution in [0, 0.1) is 11.3 Å². The van der Waals surface area contributed by atoms with Crippen LogP contribution in [0.1, 0.15) is 52.9 Å². The molecule has 1 amide bonds. The van der Waals surface area contributed by atoms with Gasteiger partial charge in [0.2, 0.25) is 5.91 Å². The second kappa shape index (κ2) is 8.70. The number of aldehydes is 1. The van der Waals surface area contributed by atoms with Gasteiger partial charge in [0.05, 0.1) is 0 Å². The lowest BCUT2D eigenvalue weighted by Crippen LogP contribution is -2.48. The first kappa shape index (κ1) is 19.8. The van der Waals surface area contributed by atoms with E-state index in [4.69, 9.17) is 11.6 Å². The molecule has 1 aliphatic rings. The van der Waals surface area contributed by atoms with Gasteiger partial charge in [-0.3, -0.25) is 4.79 Å². The molecular formula is C20H29ClN2O2. The van der Waals surface area contributed by atoms with E-state index < -0.39 is 6.04 Å². The summed E-state index contributed by atoms with van der Waals surface area (Å²) in [6, 6.07) is 7.02. The van der Waals surface area contributed by atoms with Gasteiger partial charge >= 0.3 is 0 Å². The van der Waals surface area contributed by atoms with E-state index in [1.165, 1.54) is 6.42 Å². The molecule has 2 unspecified atom stereocenters. The van der Waals surface area contributed by atoms with Crippen molar-refractivity contribution in [2.24, 2.45) is 11.3 Å². The molecule has 1 aromatic carbocycles. The first-order chi connectivity index (χ1) is 11.8. The summed E-state index contributed by atoms with van der Waals surface area (Å²) < 4.78 is 0. The third kappa shape index (κ3) is 6.35. The van der Waals surface area contributed by atoms with Crippen molar-refractivity contribution in [3.63, 3.8) is 0 Å². The zero-order chi connectivity index (χ0) is 18.4. The van der Waals surface area contributed by atoms with Crippen molar-refractivity contribution in [1.82, 2.24) is 5.32 Å². The highest BCUT2D eigenvalue weighted by molar-refractivity contribution is 6.30. The van der Waals surface area contributed by atoms with E-state index in [-0.39, 0.29) is 17.4 Å². The van der Waals surface area contributed by atoms with E-state index >= 15 is 0 Å². The van der Waals surface area contributed by atoms with Crippen molar-refractivity contribution >= 4 is 29.5 Å². The maximum absolute atomic E-state index is 12.8. The van der Waals surface area contributed by atoms with Crippen molar-refractivity contribution in [1.29, 1.82) is 0 Å². The molecule has 0 heterocycles. The molecule has 0 spiro atoms. The number of nitrogens with one attached hydrogen (secondary N) is 2. The van der Waals surface area contributed by atoms with Crippen molar-refractivity contribution in [3.05, 3.63) is 29.3 Å². The fraction of sp³-hybridized carbons (Fsp3) is 0.600. The lowest BCUT2D eigenvalue weighted by atomic mass is 9.70. The van der Waals surface area contributed by atoms with Crippen LogP contribution in [0.25, 0.3) is 0 Å². The lowest BCUT2D eigenvalue weighted by Gasteiger charge is -2.39. The Morgan fingerprint density at radius 1 is 1.32 bits per heavy atom. The molecule has 1 fully saturated rings. The molecule has 2 N–H and O–H groups in total. The average Bonchev–Trinajstić information content (AvgIpc) is 2.51. The van der Waals surface area contributed by atoms with Gasteiger partial charge in [0, 0.05) is 23.2 Å². The number of carbonyl (C=O) groups is 2. The Balaban J connectivity index is 2.01. The molecule has 3 atom stereocenters. The molecule has 0 saturated heterocycles. The zero-order valence-electron chi connectivity index (χ0n) is 15.3.